The summed E-state index contributed by atoms with van der Waals surface area (Å²) in [6, 6.07) is 8.11. The number of nitrogens with two attached hydrogens (primary N) is 2. The first kappa shape index (κ1) is 17.3. The summed E-state index contributed by atoms with van der Waals surface area (Å²) in [4.78, 5) is 8.61. The average molecular weight is 343 g/mol. The van der Waals surface area contributed by atoms with Crippen molar-refractivity contribution in [2.24, 2.45) is 5.73 Å². The SMILES string of the molecule is COc1cccc(CCNc2cc(C3CC(N)C3)nc(N)n2)c1OC. The van der Waals surface area contributed by atoms with Crippen LogP contribution in [0.15, 0.2) is 24.3 Å². The van der Waals surface area contributed by atoms with Crippen LogP contribution in [0, 0.1) is 0 Å². The first-order valence-electron chi connectivity index (χ1n) is 8.44. The minimum atomic E-state index is 0.276. The summed E-state index contributed by atoms with van der Waals surface area (Å²) in [7, 11) is 3.28. The van der Waals surface area contributed by atoms with E-state index >= 15 is 0 Å². The standard InChI is InChI=1S/C18H25N5O2/c1-24-15-5-3-4-11(17(15)25-2)6-7-21-16-10-14(22-18(20)23-16)12-8-13(19)9-12/h3-5,10,12-13H,6-9,19H2,1-2H3,(H3,20,21,22,23). The Morgan fingerprint density at radius 1 is 1.20 bits per heavy atom. The fourth-order valence-electron chi connectivity index (χ4n) is 3.16. The summed E-state index contributed by atoms with van der Waals surface area (Å²) < 4.78 is 10.8. The van der Waals surface area contributed by atoms with Crippen LogP contribution in [0.2, 0.25) is 0 Å². The first-order chi connectivity index (χ1) is 12.1. The predicted molar refractivity (Wildman–Crippen MR) is 98.1 cm³/mol. The molecule has 2 aromatic rings. The third kappa shape index (κ3) is 3.93. The molecule has 1 aliphatic carbocycles. The quantitative estimate of drug-likeness (QED) is 0.705. The summed E-state index contributed by atoms with van der Waals surface area (Å²) in [5, 5.41) is 3.32. The van der Waals surface area contributed by atoms with Crippen LogP contribution in [-0.2, 0) is 6.42 Å². The maximum Gasteiger partial charge on any atom is 0.222 e. The lowest BCUT2D eigenvalue weighted by molar-refractivity contribution is 0.345. The van der Waals surface area contributed by atoms with E-state index in [9.17, 15) is 0 Å². The summed E-state index contributed by atoms with van der Waals surface area (Å²) in [6.07, 6.45) is 2.68. The number of methoxy groups -OCH3 is 2. The van der Waals surface area contributed by atoms with Crippen molar-refractivity contribution in [3.8, 4) is 11.5 Å². The predicted octanol–water partition coefficient (Wildman–Crippen LogP) is 1.94. The number of hydrogen-bond acceptors (Lipinski definition) is 7. The minimum Gasteiger partial charge on any atom is -0.493 e. The van der Waals surface area contributed by atoms with Crippen LogP contribution in [0.3, 0.4) is 0 Å². The molecule has 1 aromatic carbocycles. The van der Waals surface area contributed by atoms with Gasteiger partial charge in [0, 0.05) is 24.6 Å². The lowest BCUT2D eigenvalue weighted by atomic mass is 9.78. The molecule has 134 valence electrons. The zero-order valence-corrected chi connectivity index (χ0v) is 14.7. The van der Waals surface area contributed by atoms with E-state index in [1.54, 1.807) is 14.2 Å². The second-order valence-corrected chi connectivity index (χ2v) is 6.29. The van der Waals surface area contributed by atoms with Crippen LogP contribution in [-0.4, -0.2) is 36.8 Å². The summed E-state index contributed by atoms with van der Waals surface area (Å²) in [6.45, 7) is 0.698. The molecule has 0 saturated heterocycles. The molecule has 1 saturated carbocycles. The summed E-state index contributed by atoms with van der Waals surface area (Å²) in [5.74, 6) is 2.91. The van der Waals surface area contributed by atoms with Gasteiger partial charge in [0.05, 0.1) is 19.9 Å². The minimum absolute atomic E-state index is 0.276. The van der Waals surface area contributed by atoms with E-state index in [1.807, 2.05) is 24.3 Å². The fraction of sp³-hybridized carbons (Fsp3) is 0.444. The highest BCUT2D eigenvalue weighted by molar-refractivity contribution is 5.47. The maximum atomic E-state index is 5.87. The molecule has 0 atom stereocenters. The van der Waals surface area contributed by atoms with E-state index in [0.717, 1.165) is 47.8 Å². The van der Waals surface area contributed by atoms with Gasteiger partial charge in [-0.25, -0.2) is 4.98 Å². The fourth-order valence-corrected chi connectivity index (χ4v) is 3.16. The number of benzene rings is 1. The molecule has 0 radical (unpaired) electrons. The normalized spacial score (nSPS) is 19.2. The summed E-state index contributed by atoms with van der Waals surface area (Å²) >= 11 is 0. The molecule has 1 aromatic heterocycles. The van der Waals surface area contributed by atoms with Gasteiger partial charge in [-0.15, -0.1) is 0 Å². The molecular formula is C18H25N5O2. The highest BCUT2D eigenvalue weighted by Gasteiger charge is 2.29. The maximum absolute atomic E-state index is 5.87. The van der Waals surface area contributed by atoms with E-state index < -0.39 is 0 Å². The number of nitrogens with zero attached hydrogens (tertiary/aromatic N) is 2. The zero-order chi connectivity index (χ0) is 17.8. The molecule has 7 heteroatoms. The van der Waals surface area contributed by atoms with E-state index in [-0.39, 0.29) is 6.04 Å². The largest absolute Gasteiger partial charge is 0.493 e. The molecule has 1 aliphatic rings. The monoisotopic (exact) mass is 343 g/mol. The third-order valence-electron chi connectivity index (χ3n) is 4.54. The number of anilines is 2. The van der Waals surface area contributed by atoms with Gasteiger partial charge in [0.15, 0.2) is 11.5 Å². The van der Waals surface area contributed by atoms with Crippen molar-refractivity contribution in [3.05, 3.63) is 35.5 Å². The van der Waals surface area contributed by atoms with E-state index in [2.05, 4.69) is 15.3 Å². The van der Waals surface area contributed by atoms with E-state index in [1.165, 1.54) is 0 Å². The van der Waals surface area contributed by atoms with Crippen molar-refractivity contribution >= 4 is 11.8 Å². The van der Waals surface area contributed by atoms with E-state index in [4.69, 9.17) is 20.9 Å². The lowest BCUT2D eigenvalue weighted by Crippen LogP contribution is -2.35. The Labute approximate surface area is 147 Å². The molecule has 0 spiro atoms. The van der Waals surface area contributed by atoms with Crippen LogP contribution in [0.1, 0.15) is 30.0 Å². The Balaban J connectivity index is 1.64. The van der Waals surface area contributed by atoms with Gasteiger partial charge in [0.25, 0.3) is 0 Å². The van der Waals surface area contributed by atoms with Crippen molar-refractivity contribution in [1.29, 1.82) is 0 Å². The molecule has 5 N–H and O–H groups in total. The Morgan fingerprint density at radius 2 is 2.00 bits per heavy atom. The number of rotatable bonds is 7. The molecule has 0 amide bonds. The topological polar surface area (TPSA) is 108 Å². The molecule has 3 rings (SSSR count). The number of nitrogen functional groups attached to an aromatic ring is 1. The highest BCUT2D eigenvalue weighted by atomic mass is 16.5. The molecule has 1 heterocycles. The van der Waals surface area contributed by atoms with Gasteiger partial charge in [-0.3, -0.25) is 0 Å². The van der Waals surface area contributed by atoms with Crippen LogP contribution >= 0.6 is 0 Å². The van der Waals surface area contributed by atoms with Crippen LogP contribution in [0.25, 0.3) is 0 Å². The molecular weight excluding hydrogens is 318 g/mol. The van der Waals surface area contributed by atoms with Crippen LogP contribution in [0.5, 0.6) is 11.5 Å². The lowest BCUT2D eigenvalue weighted by Gasteiger charge is -2.32. The zero-order valence-electron chi connectivity index (χ0n) is 14.7. The van der Waals surface area contributed by atoms with Gasteiger partial charge in [-0.1, -0.05) is 12.1 Å². The second-order valence-electron chi connectivity index (χ2n) is 6.29. The van der Waals surface area contributed by atoms with E-state index in [0.29, 0.717) is 18.4 Å². The second kappa shape index (κ2) is 7.57. The van der Waals surface area contributed by atoms with Crippen molar-refractivity contribution in [2.45, 2.75) is 31.2 Å². The van der Waals surface area contributed by atoms with Gasteiger partial charge >= 0.3 is 0 Å². The average Bonchev–Trinajstić information content (AvgIpc) is 2.58. The molecule has 0 bridgehead atoms. The van der Waals surface area contributed by atoms with Gasteiger partial charge in [-0.2, -0.15) is 4.98 Å². The van der Waals surface area contributed by atoms with Crippen LogP contribution < -0.4 is 26.3 Å². The number of ether oxygens (including phenoxy) is 2. The van der Waals surface area contributed by atoms with Gasteiger partial charge in [0.2, 0.25) is 5.95 Å². The van der Waals surface area contributed by atoms with Crippen molar-refractivity contribution in [1.82, 2.24) is 9.97 Å². The Bertz CT molecular complexity index is 731. The molecule has 1 fully saturated rings. The van der Waals surface area contributed by atoms with Gasteiger partial charge < -0.3 is 26.3 Å². The van der Waals surface area contributed by atoms with Gasteiger partial charge in [-0.05, 0) is 30.9 Å². The van der Waals surface area contributed by atoms with Crippen molar-refractivity contribution in [2.75, 3.05) is 31.8 Å². The van der Waals surface area contributed by atoms with Crippen molar-refractivity contribution < 1.29 is 9.47 Å². The highest BCUT2D eigenvalue weighted by Crippen LogP contribution is 2.35. The molecule has 7 nitrogen and oxygen atoms in total. The molecule has 0 aliphatic heterocycles. The Hall–Kier alpha value is -2.54. The third-order valence-corrected chi connectivity index (χ3v) is 4.54. The number of para-hydroxylation sites is 1. The Morgan fingerprint density at radius 3 is 2.68 bits per heavy atom. The number of nitrogens with one attached hydrogen (secondary N) is 1. The van der Waals surface area contributed by atoms with Crippen LogP contribution in [0.4, 0.5) is 11.8 Å². The summed E-state index contributed by atoms with van der Waals surface area (Å²) in [5.41, 5.74) is 13.8. The van der Waals surface area contributed by atoms with Crippen molar-refractivity contribution in [3.63, 3.8) is 0 Å². The Kier molecular flexibility index (Phi) is 5.23. The number of aromatic nitrogens is 2. The molecule has 25 heavy (non-hydrogen) atoms. The molecule has 0 unspecified atom stereocenters. The smallest absolute Gasteiger partial charge is 0.222 e. The number of hydrogen-bond donors (Lipinski definition) is 3. The first-order valence-corrected chi connectivity index (χ1v) is 8.44. The van der Waals surface area contributed by atoms with Gasteiger partial charge in [0.1, 0.15) is 5.82 Å².